The SMILES string of the molecule is Cc1c(NN)ncnc1N(C)CCc1ccccc1. The summed E-state index contributed by atoms with van der Waals surface area (Å²) in [6.07, 6.45) is 2.50. The zero-order valence-corrected chi connectivity index (χ0v) is 11.3. The average Bonchev–Trinajstić information content (AvgIpc) is 2.46. The molecule has 0 atom stereocenters. The Balaban J connectivity index is 2.06. The van der Waals surface area contributed by atoms with Gasteiger partial charge in [0.15, 0.2) is 0 Å². The molecule has 5 nitrogen and oxygen atoms in total. The van der Waals surface area contributed by atoms with Crippen molar-refractivity contribution in [2.45, 2.75) is 13.3 Å². The molecule has 0 unspecified atom stereocenters. The van der Waals surface area contributed by atoms with E-state index >= 15 is 0 Å². The number of nitrogens with two attached hydrogens (primary N) is 1. The van der Waals surface area contributed by atoms with E-state index in [2.05, 4.69) is 44.6 Å². The van der Waals surface area contributed by atoms with E-state index in [9.17, 15) is 0 Å². The quantitative estimate of drug-likeness (QED) is 0.631. The Morgan fingerprint density at radius 3 is 2.63 bits per heavy atom. The Morgan fingerprint density at radius 1 is 1.21 bits per heavy atom. The van der Waals surface area contributed by atoms with Crippen molar-refractivity contribution in [1.82, 2.24) is 9.97 Å². The second-order valence-electron chi connectivity index (χ2n) is 4.47. The number of hydrogen-bond acceptors (Lipinski definition) is 5. The molecule has 2 rings (SSSR count). The summed E-state index contributed by atoms with van der Waals surface area (Å²) < 4.78 is 0. The predicted octanol–water partition coefficient (Wildman–Crippen LogP) is 1.75. The van der Waals surface area contributed by atoms with Crippen LogP contribution in [-0.4, -0.2) is 23.6 Å². The van der Waals surface area contributed by atoms with Crippen LogP contribution < -0.4 is 16.2 Å². The van der Waals surface area contributed by atoms with Crippen LogP contribution in [0.15, 0.2) is 36.7 Å². The summed E-state index contributed by atoms with van der Waals surface area (Å²) in [5, 5.41) is 0. The van der Waals surface area contributed by atoms with Gasteiger partial charge in [-0.2, -0.15) is 0 Å². The summed E-state index contributed by atoms with van der Waals surface area (Å²) >= 11 is 0. The van der Waals surface area contributed by atoms with Gasteiger partial charge in [0.2, 0.25) is 0 Å². The van der Waals surface area contributed by atoms with Crippen molar-refractivity contribution < 1.29 is 0 Å². The van der Waals surface area contributed by atoms with Crippen molar-refractivity contribution in [3.05, 3.63) is 47.8 Å². The summed E-state index contributed by atoms with van der Waals surface area (Å²) in [5.41, 5.74) is 4.86. The van der Waals surface area contributed by atoms with Gasteiger partial charge in [0, 0.05) is 19.2 Å². The van der Waals surface area contributed by atoms with E-state index in [0.29, 0.717) is 5.82 Å². The second kappa shape index (κ2) is 6.15. The third kappa shape index (κ3) is 3.20. The fraction of sp³-hybridized carbons (Fsp3) is 0.286. The Kier molecular flexibility index (Phi) is 4.30. The van der Waals surface area contributed by atoms with Crippen LogP contribution in [-0.2, 0) is 6.42 Å². The van der Waals surface area contributed by atoms with Crippen molar-refractivity contribution in [3.8, 4) is 0 Å². The zero-order valence-electron chi connectivity index (χ0n) is 11.3. The number of nitrogens with zero attached hydrogens (tertiary/aromatic N) is 3. The Morgan fingerprint density at radius 2 is 1.95 bits per heavy atom. The molecule has 100 valence electrons. The van der Waals surface area contributed by atoms with Crippen LogP contribution in [0.1, 0.15) is 11.1 Å². The number of nitrogens with one attached hydrogen (secondary N) is 1. The van der Waals surface area contributed by atoms with Gasteiger partial charge in [-0.15, -0.1) is 0 Å². The second-order valence-corrected chi connectivity index (χ2v) is 4.47. The van der Waals surface area contributed by atoms with E-state index in [1.165, 1.54) is 11.9 Å². The third-order valence-electron chi connectivity index (χ3n) is 3.13. The highest BCUT2D eigenvalue weighted by atomic mass is 15.3. The van der Waals surface area contributed by atoms with E-state index in [1.807, 2.05) is 20.0 Å². The minimum Gasteiger partial charge on any atom is -0.359 e. The molecule has 5 heteroatoms. The molecule has 2 aromatic rings. The molecule has 0 radical (unpaired) electrons. The molecule has 0 aliphatic rings. The van der Waals surface area contributed by atoms with Crippen LogP contribution >= 0.6 is 0 Å². The van der Waals surface area contributed by atoms with Crippen LogP contribution in [0.25, 0.3) is 0 Å². The minimum atomic E-state index is 0.663. The first-order valence-corrected chi connectivity index (χ1v) is 6.25. The maximum Gasteiger partial charge on any atom is 0.148 e. The maximum atomic E-state index is 5.43. The first kappa shape index (κ1) is 13.3. The van der Waals surface area contributed by atoms with Gasteiger partial charge in [0.1, 0.15) is 18.0 Å². The van der Waals surface area contributed by atoms with Crippen LogP contribution in [0.4, 0.5) is 11.6 Å². The van der Waals surface area contributed by atoms with Crippen molar-refractivity contribution in [3.63, 3.8) is 0 Å². The molecule has 0 aliphatic heterocycles. The van der Waals surface area contributed by atoms with Gasteiger partial charge < -0.3 is 10.3 Å². The average molecular weight is 257 g/mol. The van der Waals surface area contributed by atoms with Crippen LogP contribution in [0.3, 0.4) is 0 Å². The van der Waals surface area contributed by atoms with Crippen molar-refractivity contribution in [2.24, 2.45) is 5.84 Å². The van der Waals surface area contributed by atoms with Crippen molar-refractivity contribution in [2.75, 3.05) is 23.9 Å². The highest BCUT2D eigenvalue weighted by Crippen LogP contribution is 2.20. The summed E-state index contributed by atoms with van der Waals surface area (Å²) in [5.74, 6) is 6.99. The van der Waals surface area contributed by atoms with Gasteiger partial charge in [0.25, 0.3) is 0 Å². The molecule has 19 heavy (non-hydrogen) atoms. The highest BCUT2D eigenvalue weighted by molar-refractivity contribution is 5.56. The lowest BCUT2D eigenvalue weighted by molar-refractivity contribution is 0.850. The molecule has 0 aliphatic carbocycles. The molecular formula is C14H19N5. The molecule has 3 N–H and O–H groups in total. The smallest absolute Gasteiger partial charge is 0.148 e. The monoisotopic (exact) mass is 257 g/mol. The number of benzene rings is 1. The number of nitrogen functional groups attached to an aromatic ring is 1. The van der Waals surface area contributed by atoms with Crippen molar-refractivity contribution in [1.29, 1.82) is 0 Å². The molecule has 0 amide bonds. The number of anilines is 2. The van der Waals surface area contributed by atoms with E-state index < -0.39 is 0 Å². The molecule has 0 spiro atoms. The van der Waals surface area contributed by atoms with Crippen LogP contribution in [0.2, 0.25) is 0 Å². The summed E-state index contributed by atoms with van der Waals surface area (Å²) in [7, 11) is 2.03. The first-order chi connectivity index (χ1) is 9.22. The Hall–Kier alpha value is -2.14. The largest absolute Gasteiger partial charge is 0.359 e. The van der Waals surface area contributed by atoms with Crippen molar-refractivity contribution >= 4 is 11.6 Å². The number of rotatable bonds is 5. The lowest BCUT2D eigenvalue weighted by Crippen LogP contribution is -2.23. The van der Waals surface area contributed by atoms with Gasteiger partial charge in [-0.3, -0.25) is 0 Å². The lowest BCUT2D eigenvalue weighted by Gasteiger charge is -2.20. The molecular weight excluding hydrogens is 238 g/mol. The number of likely N-dealkylation sites (N-methyl/N-ethyl adjacent to an activating group) is 1. The van der Waals surface area contributed by atoms with Gasteiger partial charge in [-0.25, -0.2) is 15.8 Å². The summed E-state index contributed by atoms with van der Waals surface area (Å²) in [6.45, 7) is 2.86. The van der Waals surface area contributed by atoms with E-state index in [0.717, 1.165) is 24.3 Å². The Labute approximate surface area is 113 Å². The maximum absolute atomic E-state index is 5.43. The van der Waals surface area contributed by atoms with Gasteiger partial charge in [-0.1, -0.05) is 30.3 Å². The lowest BCUT2D eigenvalue weighted by atomic mass is 10.1. The highest BCUT2D eigenvalue weighted by Gasteiger charge is 2.10. The Bertz CT molecular complexity index is 527. The topological polar surface area (TPSA) is 67.1 Å². The fourth-order valence-electron chi connectivity index (χ4n) is 2.02. The minimum absolute atomic E-state index is 0.663. The fourth-order valence-corrected chi connectivity index (χ4v) is 2.02. The number of hydrogen-bond donors (Lipinski definition) is 2. The molecule has 0 saturated heterocycles. The molecule has 1 heterocycles. The third-order valence-corrected chi connectivity index (χ3v) is 3.13. The van der Waals surface area contributed by atoms with E-state index in [1.54, 1.807) is 0 Å². The molecule has 0 fully saturated rings. The predicted molar refractivity (Wildman–Crippen MR) is 78.0 cm³/mol. The molecule has 0 saturated carbocycles. The van der Waals surface area contributed by atoms with Gasteiger partial charge in [-0.05, 0) is 18.9 Å². The van der Waals surface area contributed by atoms with Crippen LogP contribution in [0, 0.1) is 6.92 Å². The summed E-state index contributed by atoms with van der Waals surface area (Å²) in [4.78, 5) is 10.5. The number of hydrazine groups is 1. The van der Waals surface area contributed by atoms with Gasteiger partial charge >= 0.3 is 0 Å². The van der Waals surface area contributed by atoms with Gasteiger partial charge in [0.05, 0.1) is 0 Å². The van der Waals surface area contributed by atoms with E-state index in [-0.39, 0.29) is 0 Å². The van der Waals surface area contributed by atoms with Crippen LogP contribution in [0.5, 0.6) is 0 Å². The first-order valence-electron chi connectivity index (χ1n) is 6.25. The molecule has 0 bridgehead atoms. The standard InChI is InChI=1S/C14H19N5/c1-11-13(18-15)16-10-17-14(11)19(2)9-8-12-6-4-3-5-7-12/h3-7,10H,8-9,15H2,1-2H3,(H,16,17,18). The molecule has 1 aromatic carbocycles. The normalized spacial score (nSPS) is 10.3. The number of aromatic nitrogens is 2. The zero-order chi connectivity index (χ0) is 13.7. The summed E-state index contributed by atoms with van der Waals surface area (Å²) in [6, 6.07) is 10.4. The van der Waals surface area contributed by atoms with E-state index in [4.69, 9.17) is 5.84 Å². The molecule has 1 aromatic heterocycles.